The molecule has 3 nitrogen and oxygen atoms in total. The van der Waals surface area contributed by atoms with Crippen LogP contribution in [0.25, 0.3) is 71.4 Å². The number of fused-ring (bicyclic) bond motifs is 9. The van der Waals surface area contributed by atoms with E-state index in [1.54, 1.807) is 0 Å². The van der Waals surface area contributed by atoms with Crippen LogP contribution in [0.2, 0.25) is 0 Å². The number of benzene rings is 5. The van der Waals surface area contributed by atoms with Crippen LogP contribution < -0.4 is 0 Å². The maximum Gasteiger partial charge on any atom is 0.136 e. The van der Waals surface area contributed by atoms with Crippen molar-refractivity contribution < 1.29 is 8.83 Å². The lowest BCUT2D eigenvalue weighted by Crippen LogP contribution is -1.93. The van der Waals surface area contributed by atoms with Gasteiger partial charge in [-0.15, -0.1) is 0 Å². The Balaban J connectivity index is 1.53. The second kappa shape index (κ2) is 6.52. The van der Waals surface area contributed by atoms with Crippen LogP contribution in [0.3, 0.4) is 0 Å². The molecule has 0 N–H and O–H groups in total. The molecule has 0 amide bonds. The minimum Gasteiger partial charge on any atom is -0.456 e. The Morgan fingerprint density at radius 3 is 2.21 bits per heavy atom. The van der Waals surface area contributed by atoms with Gasteiger partial charge < -0.3 is 13.4 Å². The highest BCUT2D eigenvalue weighted by Gasteiger charge is 2.17. The van der Waals surface area contributed by atoms with Gasteiger partial charge in [0, 0.05) is 42.5 Å². The van der Waals surface area contributed by atoms with E-state index in [9.17, 15) is 0 Å². The van der Waals surface area contributed by atoms with E-state index in [2.05, 4.69) is 93.3 Å². The average Bonchev–Trinajstić information content (AvgIpc) is 3.52. The zero-order chi connectivity index (χ0) is 22.4. The summed E-state index contributed by atoms with van der Waals surface area (Å²) in [6.45, 7) is 0. The largest absolute Gasteiger partial charge is 0.456 e. The Labute approximate surface area is 201 Å². The van der Waals surface area contributed by atoms with Gasteiger partial charge in [-0.1, -0.05) is 58.4 Å². The van der Waals surface area contributed by atoms with Crippen LogP contribution in [-0.2, 0) is 0 Å². The van der Waals surface area contributed by atoms with E-state index in [4.69, 9.17) is 8.83 Å². The van der Waals surface area contributed by atoms with E-state index in [1.165, 1.54) is 16.3 Å². The molecule has 0 fully saturated rings. The maximum absolute atomic E-state index is 6.21. The quantitative estimate of drug-likeness (QED) is 0.224. The van der Waals surface area contributed by atoms with Crippen molar-refractivity contribution in [2.24, 2.45) is 0 Å². The minimum absolute atomic E-state index is 0.884. The maximum atomic E-state index is 6.21. The molecule has 0 unspecified atom stereocenters. The van der Waals surface area contributed by atoms with Crippen molar-refractivity contribution in [2.75, 3.05) is 0 Å². The Morgan fingerprint density at radius 2 is 1.26 bits per heavy atom. The lowest BCUT2D eigenvalue weighted by Gasteiger charge is -2.08. The van der Waals surface area contributed by atoms with Gasteiger partial charge in [0.2, 0.25) is 0 Å². The molecule has 8 aromatic rings. The van der Waals surface area contributed by atoms with Crippen molar-refractivity contribution in [3.63, 3.8) is 0 Å². The highest BCUT2D eigenvalue weighted by atomic mass is 79.9. The van der Waals surface area contributed by atoms with Crippen molar-refractivity contribution in [1.82, 2.24) is 4.57 Å². The fourth-order valence-corrected chi connectivity index (χ4v) is 5.94. The number of halogens is 1. The summed E-state index contributed by atoms with van der Waals surface area (Å²) in [5, 5.41) is 6.85. The molecule has 0 aliphatic carbocycles. The monoisotopic (exact) mass is 501 g/mol. The number of hydrogen-bond acceptors (Lipinski definition) is 2. The Morgan fingerprint density at radius 1 is 0.500 bits per heavy atom. The summed E-state index contributed by atoms with van der Waals surface area (Å²) in [6.07, 6.45) is 0. The topological polar surface area (TPSA) is 31.2 Å². The normalized spacial score (nSPS) is 12.3. The van der Waals surface area contributed by atoms with Crippen LogP contribution in [0.1, 0.15) is 0 Å². The van der Waals surface area contributed by atoms with Gasteiger partial charge >= 0.3 is 0 Å². The molecule has 0 aliphatic rings. The molecule has 4 heteroatoms. The molecule has 0 bridgehead atoms. The SMILES string of the molecule is Brc1cccc2oc3ccc(-n4c5ccccc5c5cc6oc7ccccc7c6cc54)cc3c12. The van der Waals surface area contributed by atoms with Crippen LogP contribution in [0.4, 0.5) is 0 Å². The second-order valence-corrected chi connectivity index (χ2v) is 9.57. The Bertz CT molecular complexity index is 2090. The molecule has 3 aromatic heterocycles. The molecule has 0 atom stereocenters. The smallest absolute Gasteiger partial charge is 0.136 e. The summed E-state index contributed by atoms with van der Waals surface area (Å²) < 4.78 is 15.7. The number of furan rings is 2. The number of rotatable bonds is 1. The molecule has 160 valence electrons. The molecule has 8 rings (SSSR count). The number of nitrogens with zero attached hydrogens (tertiary/aromatic N) is 1. The van der Waals surface area contributed by atoms with E-state index in [1.807, 2.05) is 24.3 Å². The van der Waals surface area contributed by atoms with E-state index < -0.39 is 0 Å². The van der Waals surface area contributed by atoms with E-state index >= 15 is 0 Å². The van der Waals surface area contributed by atoms with Crippen molar-refractivity contribution in [3.8, 4) is 5.69 Å². The number of aromatic nitrogens is 1. The molecule has 34 heavy (non-hydrogen) atoms. The van der Waals surface area contributed by atoms with Crippen LogP contribution in [0.5, 0.6) is 0 Å². The summed E-state index contributed by atoms with van der Waals surface area (Å²) in [4.78, 5) is 0. The van der Waals surface area contributed by atoms with Gasteiger partial charge in [0.05, 0.1) is 11.0 Å². The van der Waals surface area contributed by atoms with Crippen molar-refractivity contribution in [1.29, 1.82) is 0 Å². The Kier molecular flexibility index (Phi) is 3.53. The highest BCUT2D eigenvalue weighted by molar-refractivity contribution is 9.10. The molecule has 0 spiro atoms. The van der Waals surface area contributed by atoms with Crippen LogP contribution in [0.15, 0.2) is 110 Å². The first-order chi connectivity index (χ1) is 16.8. The summed E-state index contributed by atoms with van der Waals surface area (Å²) in [5.41, 5.74) is 7.02. The second-order valence-electron chi connectivity index (χ2n) is 8.71. The van der Waals surface area contributed by atoms with Crippen LogP contribution in [-0.4, -0.2) is 4.57 Å². The molecule has 0 aliphatic heterocycles. The van der Waals surface area contributed by atoms with Crippen molar-refractivity contribution >= 4 is 81.6 Å². The first kappa shape index (κ1) is 18.4. The van der Waals surface area contributed by atoms with Gasteiger partial charge in [-0.05, 0) is 54.6 Å². The third-order valence-corrected chi connectivity index (χ3v) is 7.52. The predicted octanol–water partition coefficient (Wildman–Crippen LogP) is 9.34. The third-order valence-electron chi connectivity index (χ3n) is 6.86. The third kappa shape index (κ3) is 2.36. The summed E-state index contributed by atoms with van der Waals surface area (Å²) in [7, 11) is 0. The summed E-state index contributed by atoms with van der Waals surface area (Å²) in [6, 6.07) is 33.8. The molecular formula is C30H16BrNO2. The van der Waals surface area contributed by atoms with E-state index in [0.29, 0.717) is 0 Å². The van der Waals surface area contributed by atoms with Crippen LogP contribution >= 0.6 is 15.9 Å². The predicted molar refractivity (Wildman–Crippen MR) is 143 cm³/mol. The molecular weight excluding hydrogens is 486 g/mol. The van der Waals surface area contributed by atoms with Gasteiger partial charge in [-0.25, -0.2) is 0 Å². The lowest BCUT2D eigenvalue weighted by atomic mass is 10.1. The van der Waals surface area contributed by atoms with Gasteiger partial charge in [0.1, 0.15) is 22.3 Å². The van der Waals surface area contributed by atoms with Gasteiger partial charge in [-0.3, -0.25) is 0 Å². The lowest BCUT2D eigenvalue weighted by molar-refractivity contribution is 0.668. The molecule has 0 radical (unpaired) electrons. The number of para-hydroxylation sites is 2. The molecule has 0 saturated heterocycles. The fourth-order valence-electron chi connectivity index (χ4n) is 5.38. The summed E-state index contributed by atoms with van der Waals surface area (Å²) >= 11 is 3.72. The van der Waals surface area contributed by atoms with E-state index in [-0.39, 0.29) is 0 Å². The highest BCUT2D eigenvalue weighted by Crippen LogP contribution is 2.40. The van der Waals surface area contributed by atoms with Crippen molar-refractivity contribution in [2.45, 2.75) is 0 Å². The number of hydrogen-bond donors (Lipinski definition) is 0. The van der Waals surface area contributed by atoms with Gasteiger partial charge in [-0.2, -0.15) is 0 Å². The van der Waals surface area contributed by atoms with Crippen molar-refractivity contribution in [3.05, 3.63) is 102 Å². The van der Waals surface area contributed by atoms with Gasteiger partial charge in [0.15, 0.2) is 0 Å². The van der Waals surface area contributed by atoms with Gasteiger partial charge in [0.25, 0.3) is 0 Å². The fraction of sp³-hybridized carbons (Fsp3) is 0. The first-order valence-corrected chi connectivity index (χ1v) is 12.0. The standard InChI is InChI=1S/C30H16BrNO2/c31-23-8-5-11-28-30(23)22-14-17(12-13-27(22)33-28)32-24-9-3-1-6-18(24)20-16-29-21(15-25(20)32)19-7-2-4-10-26(19)34-29/h1-16H. The van der Waals surface area contributed by atoms with E-state index in [0.717, 1.165) is 59.6 Å². The van der Waals surface area contributed by atoms with Crippen LogP contribution in [0, 0.1) is 0 Å². The zero-order valence-electron chi connectivity index (χ0n) is 17.9. The molecule has 3 heterocycles. The Hall–Kier alpha value is -4.02. The summed E-state index contributed by atoms with van der Waals surface area (Å²) in [5.74, 6) is 0. The minimum atomic E-state index is 0.884. The molecule has 5 aromatic carbocycles. The molecule has 0 saturated carbocycles. The first-order valence-electron chi connectivity index (χ1n) is 11.2. The average molecular weight is 502 g/mol. The zero-order valence-corrected chi connectivity index (χ0v) is 19.5.